The van der Waals surface area contributed by atoms with Crippen LogP contribution in [0.15, 0.2) is 54.7 Å². The number of rotatable bonds is 3. The van der Waals surface area contributed by atoms with Gasteiger partial charge in [-0.3, -0.25) is 9.69 Å². The number of para-hydroxylation sites is 1. The molecular formula is C22H24N4O. The van der Waals surface area contributed by atoms with Crippen molar-refractivity contribution >= 4 is 22.5 Å². The van der Waals surface area contributed by atoms with E-state index < -0.39 is 0 Å². The van der Waals surface area contributed by atoms with Gasteiger partial charge in [0.15, 0.2) is 0 Å². The molecule has 5 heteroatoms. The van der Waals surface area contributed by atoms with Crippen molar-refractivity contribution in [2.45, 2.75) is 12.5 Å². The number of carbonyl (C=O) groups excluding carboxylic acids is 1. The van der Waals surface area contributed by atoms with Gasteiger partial charge >= 0.3 is 0 Å². The zero-order valence-electron chi connectivity index (χ0n) is 15.3. The second kappa shape index (κ2) is 6.74. The molecule has 1 amide bonds. The fraction of sp³-hybridized carbons (Fsp3) is 0.318. The number of anilines is 1. The number of aromatic nitrogens is 1. The molecule has 138 valence electrons. The zero-order valence-corrected chi connectivity index (χ0v) is 15.3. The van der Waals surface area contributed by atoms with E-state index in [1.54, 1.807) is 0 Å². The first kappa shape index (κ1) is 16.4. The van der Waals surface area contributed by atoms with Gasteiger partial charge in [0.1, 0.15) is 0 Å². The summed E-state index contributed by atoms with van der Waals surface area (Å²) in [5.41, 5.74) is 4.38. The Labute approximate surface area is 159 Å². The zero-order chi connectivity index (χ0) is 18.2. The van der Waals surface area contributed by atoms with Crippen molar-refractivity contribution in [2.75, 3.05) is 37.6 Å². The van der Waals surface area contributed by atoms with Gasteiger partial charge in [-0.15, -0.1) is 0 Å². The number of benzene rings is 2. The van der Waals surface area contributed by atoms with Crippen LogP contribution in [-0.4, -0.2) is 54.6 Å². The number of H-pyrrole nitrogens is 1. The molecule has 3 aromatic rings. The molecule has 1 aromatic heterocycles. The Morgan fingerprint density at radius 3 is 2.59 bits per heavy atom. The predicted molar refractivity (Wildman–Crippen MR) is 108 cm³/mol. The van der Waals surface area contributed by atoms with Crippen LogP contribution in [0.3, 0.4) is 0 Å². The number of amides is 1. The molecule has 1 atom stereocenters. The van der Waals surface area contributed by atoms with Crippen molar-refractivity contribution in [2.24, 2.45) is 0 Å². The van der Waals surface area contributed by atoms with E-state index in [1.807, 2.05) is 18.2 Å². The molecule has 3 heterocycles. The van der Waals surface area contributed by atoms with Crippen molar-refractivity contribution in [1.82, 2.24) is 15.2 Å². The molecule has 0 saturated carbocycles. The number of nitrogens with zero attached hydrogens (tertiary/aromatic N) is 2. The van der Waals surface area contributed by atoms with E-state index in [9.17, 15) is 4.79 Å². The third kappa shape index (κ3) is 3.08. The Balaban J connectivity index is 1.27. The highest BCUT2D eigenvalue weighted by atomic mass is 16.1. The van der Waals surface area contributed by atoms with E-state index in [4.69, 9.17) is 0 Å². The van der Waals surface area contributed by atoms with E-state index >= 15 is 0 Å². The third-order valence-electron chi connectivity index (χ3n) is 5.81. The quantitative estimate of drug-likeness (QED) is 0.755. The van der Waals surface area contributed by atoms with E-state index in [0.717, 1.165) is 55.6 Å². The maximum atomic E-state index is 12.7. The molecule has 1 unspecified atom stereocenters. The van der Waals surface area contributed by atoms with Gasteiger partial charge < -0.3 is 15.2 Å². The lowest BCUT2D eigenvalue weighted by atomic mass is 10.0. The molecule has 0 bridgehead atoms. The maximum Gasteiger partial charge on any atom is 0.252 e. The molecule has 5 nitrogen and oxygen atoms in total. The first-order valence-corrected chi connectivity index (χ1v) is 9.70. The van der Waals surface area contributed by atoms with E-state index in [-0.39, 0.29) is 11.9 Å². The minimum atomic E-state index is 0.0480. The SMILES string of the molecule is O=C1NC(CN2CCN(c3ccccc3)CC2)Cc2c[nH]c3cccc1c23. The Hall–Kier alpha value is -2.79. The van der Waals surface area contributed by atoms with E-state index in [2.05, 4.69) is 56.6 Å². The van der Waals surface area contributed by atoms with Gasteiger partial charge in [-0.2, -0.15) is 0 Å². The van der Waals surface area contributed by atoms with Crippen molar-refractivity contribution in [3.8, 4) is 0 Å². The van der Waals surface area contributed by atoms with Crippen LogP contribution in [0.25, 0.3) is 10.9 Å². The van der Waals surface area contributed by atoms with Crippen LogP contribution in [0.1, 0.15) is 15.9 Å². The monoisotopic (exact) mass is 360 g/mol. The summed E-state index contributed by atoms with van der Waals surface area (Å²) in [6.45, 7) is 5.00. The van der Waals surface area contributed by atoms with Gasteiger partial charge in [0.05, 0.1) is 0 Å². The standard InChI is InChI=1S/C22H24N4O/c27-22-19-7-4-8-20-21(19)16(14-23-20)13-17(24-22)15-25-9-11-26(12-10-25)18-5-2-1-3-6-18/h1-8,14,17,23H,9-13,15H2,(H,24,27). The Bertz CT molecular complexity index is 957. The molecule has 2 aliphatic rings. The lowest BCUT2D eigenvalue weighted by molar-refractivity contribution is 0.0927. The van der Waals surface area contributed by atoms with Gasteiger partial charge in [-0.25, -0.2) is 0 Å². The second-order valence-electron chi connectivity index (χ2n) is 7.54. The molecule has 27 heavy (non-hydrogen) atoms. The Morgan fingerprint density at radius 1 is 0.963 bits per heavy atom. The summed E-state index contributed by atoms with van der Waals surface area (Å²) >= 11 is 0. The molecular weight excluding hydrogens is 336 g/mol. The molecule has 0 spiro atoms. The number of carbonyl (C=O) groups is 1. The van der Waals surface area contributed by atoms with Gasteiger partial charge in [-0.05, 0) is 36.2 Å². The fourth-order valence-corrected chi connectivity index (χ4v) is 4.43. The van der Waals surface area contributed by atoms with Crippen LogP contribution in [0.2, 0.25) is 0 Å². The second-order valence-corrected chi connectivity index (χ2v) is 7.54. The normalized spacial score (nSPS) is 20.5. The summed E-state index contributed by atoms with van der Waals surface area (Å²) < 4.78 is 0. The smallest absolute Gasteiger partial charge is 0.252 e. The van der Waals surface area contributed by atoms with Crippen LogP contribution in [0.5, 0.6) is 0 Å². The number of aromatic amines is 1. The average molecular weight is 360 g/mol. The molecule has 1 fully saturated rings. The minimum Gasteiger partial charge on any atom is -0.369 e. The highest BCUT2D eigenvalue weighted by Gasteiger charge is 2.26. The number of hydrogen-bond donors (Lipinski definition) is 2. The number of piperazine rings is 1. The Morgan fingerprint density at radius 2 is 1.78 bits per heavy atom. The summed E-state index contributed by atoms with van der Waals surface area (Å²) in [7, 11) is 0. The molecule has 2 aromatic carbocycles. The van der Waals surface area contributed by atoms with Crippen LogP contribution >= 0.6 is 0 Å². The fourth-order valence-electron chi connectivity index (χ4n) is 4.43. The van der Waals surface area contributed by atoms with Crippen LogP contribution in [0, 0.1) is 0 Å². The Kier molecular flexibility index (Phi) is 4.09. The lowest BCUT2D eigenvalue weighted by Gasteiger charge is -2.37. The van der Waals surface area contributed by atoms with Gasteiger partial charge in [0.2, 0.25) is 0 Å². The number of nitrogens with one attached hydrogen (secondary N) is 2. The number of hydrogen-bond acceptors (Lipinski definition) is 3. The lowest BCUT2D eigenvalue weighted by Crippen LogP contribution is -2.51. The molecule has 2 N–H and O–H groups in total. The van der Waals surface area contributed by atoms with Crippen molar-refractivity contribution in [1.29, 1.82) is 0 Å². The summed E-state index contributed by atoms with van der Waals surface area (Å²) in [5, 5.41) is 4.34. The van der Waals surface area contributed by atoms with Crippen molar-refractivity contribution in [3.63, 3.8) is 0 Å². The first-order chi connectivity index (χ1) is 13.3. The molecule has 0 radical (unpaired) electrons. The molecule has 0 aliphatic carbocycles. The third-order valence-corrected chi connectivity index (χ3v) is 5.81. The first-order valence-electron chi connectivity index (χ1n) is 9.70. The predicted octanol–water partition coefficient (Wildman–Crippen LogP) is 2.64. The van der Waals surface area contributed by atoms with Gasteiger partial charge in [0, 0.05) is 67.1 Å². The van der Waals surface area contributed by atoms with E-state index in [1.165, 1.54) is 11.3 Å². The highest BCUT2D eigenvalue weighted by molar-refractivity contribution is 6.08. The van der Waals surface area contributed by atoms with Crippen LogP contribution in [0.4, 0.5) is 5.69 Å². The average Bonchev–Trinajstić information content (AvgIpc) is 3.06. The summed E-state index contributed by atoms with van der Waals surface area (Å²) in [6, 6.07) is 16.7. The minimum absolute atomic E-state index is 0.0480. The summed E-state index contributed by atoms with van der Waals surface area (Å²) in [5.74, 6) is 0.0480. The highest BCUT2D eigenvalue weighted by Crippen LogP contribution is 2.26. The van der Waals surface area contributed by atoms with Crippen molar-refractivity contribution in [3.05, 3.63) is 65.9 Å². The van der Waals surface area contributed by atoms with E-state index in [0.29, 0.717) is 0 Å². The topological polar surface area (TPSA) is 51.4 Å². The molecule has 2 aliphatic heterocycles. The van der Waals surface area contributed by atoms with Crippen LogP contribution < -0.4 is 10.2 Å². The summed E-state index contributed by atoms with van der Waals surface area (Å²) in [4.78, 5) is 21.0. The molecule has 5 rings (SSSR count). The molecule has 1 saturated heterocycles. The van der Waals surface area contributed by atoms with Gasteiger partial charge in [-0.1, -0.05) is 24.3 Å². The summed E-state index contributed by atoms with van der Waals surface area (Å²) in [6.07, 6.45) is 2.94. The largest absolute Gasteiger partial charge is 0.369 e. The van der Waals surface area contributed by atoms with Crippen LogP contribution in [-0.2, 0) is 6.42 Å². The van der Waals surface area contributed by atoms with Crippen molar-refractivity contribution < 1.29 is 4.79 Å². The van der Waals surface area contributed by atoms with Gasteiger partial charge in [0.25, 0.3) is 5.91 Å². The maximum absolute atomic E-state index is 12.7.